The van der Waals surface area contributed by atoms with Crippen LogP contribution in [-0.2, 0) is 4.79 Å². The van der Waals surface area contributed by atoms with Gasteiger partial charge in [-0.15, -0.1) is 0 Å². The standard InChI is InChI=1S/C25H25ClN4O5/c1-14(2)23(28-24(31)17-6-5-7-19(26)11-17)25(32)29-27-13-20-8-9-22(35-20)18-10-15(3)16(4)21(12-18)30(33)34/h5-14,23H,1-4H3,(H,28,31)(H,29,32)/b27-13+. The molecule has 3 rings (SSSR count). The number of hydrogen-bond acceptors (Lipinski definition) is 6. The average Bonchev–Trinajstić information content (AvgIpc) is 3.27. The van der Waals surface area contributed by atoms with Gasteiger partial charge in [0.1, 0.15) is 17.6 Å². The third-order valence-electron chi connectivity index (χ3n) is 5.44. The van der Waals surface area contributed by atoms with Gasteiger partial charge in [0.2, 0.25) is 0 Å². The Labute approximate surface area is 207 Å². The molecule has 0 radical (unpaired) electrons. The number of halogens is 1. The molecule has 2 aromatic carbocycles. The zero-order valence-corrected chi connectivity index (χ0v) is 20.4. The summed E-state index contributed by atoms with van der Waals surface area (Å²) in [5, 5.41) is 18.4. The Morgan fingerprint density at radius 1 is 1.14 bits per heavy atom. The monoisotopic (exact) mass is 496 g/mol. The van der Waals surface area contributed by atoms with Crippen molar-refractivity contribution in [1.29, 1.82) is 0 Å². The Balaban J connectivity index is 1.68. The van der Waals surface area contributed by atoms with Crippen LogP contribution in [0.3, 0.4) is 0 Å². The Hall–Kier alpha value is -3.98. The zero-order chi connectivity index (χ0) is 25.7. The van der Waals surface area contributed by atoms with Crippen molar-refractivity contribution in [3.8, 4) is 11.3 Å². The van der Waals surface area contributed by atoms with E-state index in [1.54, 1.807) is 64.1 Å². The molecule has 9 nitrogen and oxygen atoms in total. The van der Waals surface area contributed by atoms with Crippen LogP contribution in [0, 0.1) is 29.9 Å². The summed E-state index contributed by atoms with van der Waals surface area (Å²) < 4.78 is 5.72. The summed E-state index contributed by atoms with van der Waals surface area (Å²) in [6, 6.07) is 12.2. The van der Waals surface area contributed by atoms with E-state index in [-0.39, 0.29) is 11.6 Å². The van der Waals surface area contributed by atoms with Crippen LogP contribution in [0.2, 0.25) is 5.02 Å². The number of nitro groups is 1. The molecule has 1 atom stereocenters. The van der Waals surface area contributed by atoms with Gasteiger partial charge in [-0.25, -0.2) is 5.43 Å². The number of furan rings is 1. The van der Waals surface area contributed by atoms with Crippen LogP contribution in [0.5, 0.6) is 0 Å². The molecule has 3 aromatic rings. The maximum absolute atomic E-state index is 12.6. The predicted octanol–water partition coefficient (Wildman–Crippen LogP) is 5.03. The number of carbonyl (C=O) groups excluding carboxylic acids is 2. The molecule has 0 bridgehead atoms. The summed E-state index contributed by atoms with van der Waals surface area (Å²) in [7, 11) is 0. The minimum absolute atomic E-state index is 0.0124. The van der Waals surface area contributed by atoms with E-state index in [0.29, 0.717) is 33.2 Å². The van der Waals surface area contributed by atoms with E-state index >= 15 is 0 Å². The third kappa shape index (κ3) is 6.33. The quantitative estimate of drug-likeness (QED) is 0.257. The normalized spacial score (nSPS) is 12.1. The number of benzene rings is 2. The first-order valence-corrected chi connectivity index (χ1v) is 11.2. The van der Waals surface area contributed by atoms with Gasteiger partial charge in [0.15, 0.2) is 0 Å². The van der Waals surface area contributed by atoms with Gasteiger partial charge in [0.25, 0.3) is 17.5 Å². The first-order valence-electron chi connectivity index (χ1n) is 10.8. The highest BCUT2D eigenvalue weighted by atomic mass is 35.5. The number of aryl methyl sites for hydroxylation is 1. The van der Waals surface area contributed by atoms with Gasteiger partial charge in [-0.1, -0.05) is 31.5 Å². The molecule has 0 aliphatic heterocycles. The van der Waals surface area contributed by atoms with Gasteiger partial charge in [0, 0.05) is 27.8 Å². The number of nitrogens with one attached hydrogen (secondary N) is 2. The highest BCUT2D eigenvalue weighted by Crippen LogP contribution is 2.30. The second kappa shape index (κ2) is 11.0. The molecule has 0 saturated carbocycles. The van der Waals surface area contributed by atoms with E-state index in [1.165, 1.54) is 18.3 Å². The zero-order valence-electron chi connectivity index (χ0n) is 19.7. The van der Waals surface area contributed by atoms with Crippen molar-refractivity contribution in [3.63, 3.8) is 0 Å². The predicted molar refractivity (Wildman–Crippen MR) is 134 cm³/mol. The van der Waals surface area contributed by atoms with Crippen LogP contribution in [-0.4, -0.2) is 29.0 Å². The fraction of sp³-hybridized carbons (Fsp3) is 0.240. The maximum atomic E-state index is 12.6. The first kappa shape index (κ1) is 25.6. The first-order chi connectivity index (χ1) is 16.6. The molecule has 2 amide bonds. The molecule has 35 heavy (non-hydrogen) atoms. The second-order valence-corrected chi connectivity index (χ2v) is 8.77. The van der Waals surface area contributed by atoms with Crippen molar-refractivity contribution in [2.24, 2.45) is 11.0 Å². The number of nitro benzene ring substituents is 1. The third-order valence-corrected chi connectivity index (χ3v) is 5.67. The molecule has 1 heterocycles. The van der Waals surface area contributed by atoms with Crippen LogP contribution in [0.15, 0.2) is 58.0 Å². The van der Waals surface area contributed by atoms with Crippen LogP contribution in [0.1, 0.15) is 41.1 Å². The van der Waals surface area contributed by atoms with Gasteiger partial charge in [-0.3, -0.25) is 19.7 Å². The lowest BCUT2D eigenvalue weighted by atomic mass is 10.0. The fourth-order valence-corrected chi connectivity index (χ4v) is 3.56. The highest BCUT2D eigenvalue weighted by molar-refractivity contribution is 6.31. The van der Waals surface area contributed by atoms with E-state index in [9.17, 15) is 19.7 Å². The average molecular weight is 497 g/mol. The Bertz CT molecular complexity index is 1300. The van der Waals surface area contributed by atoms with E-state index in [2.05, 4.69) is 15.8 Å². The van der Waals surface area contributed by atoms with Crippen LogP contribution < -0.4 is 10.7 Å². The molecular formula is C25H25ClN4O5. The van der Waals surface area contributed by atoms with Gasteiger partial charge in [-0.05, 0) is 61.7 Å². The van der Waals surface area contributed by atoms with Crippen molar-refractivity contribution in [1.82, 2.24) is 10.7 Å². The minimum atomic E-state index is -0.832. The SMILES string of the molecule is Cc1cc(-c2ccc(/C=N/NC(=O)C(NC(=O)c3cccc(Cl)c3)C(C)C)o2)cc([N+](=O)[O-])c1C. The Morgan fingerprint density at radius 3 is 2.54 bits per heavy atom. The number of amides is 2. The summed E-state index contributed by atoms with van der Waals surface area (Å²) >= 11 is 5.94. The van der Waals surface area contributed by atoms with Crippen LogP contribution in [0.25, 0.3) is 11.3 Å². The molecule has 182 valence electrons. The Morgan fingerprint density at radius 2 is 1.89 bits per heavy atom. The maximum Gasteiger partial charge on any atom is 0.273 e. The van der Waals surface area contributed by atoms with Crippen molar-refractivity contribution in [3.05, 3.63) is 86.1 Å². The number of hydrogen-bond donors (Lipinski definition) is 2. The lowest BCUT2D eigenvalue weighted by molar-refractivity contribution is -0.385. The van der Waals surface area contributed by atoms with Crippen molar-refractivity contribution < 1.29 is 18.9 Å². The number of rotatable bonds is 8. The van der Waals surface area contributed by atoms with Crippen molar-refractivity contribution >= 4 is 35.3 Å². The van der Waals surface area contributed by atoms with Crippen LogP contribution in [0.4, 0.5) is 5.69 Å². The van der Waals surface area contributed by atoms with Gasteiger partial charge < -0.3 is 9.73 Å². The number of hydrazone groups is 1. The summed E-state index contributed by atoms with van der Waals surface area (Å²) in [5.74, 6) is -0.362. The van der Waals surface area contributed by atoms with E-state index < -0.39 is 22.8 Å². The summed E-state index contributed by atoms with van der Waals surface area (Å²) in [6.45, 7) is 7.09. The van der Waals surface area contributed by atoms with Crippen molar-refractivity contribution in [2.75, 3.05) is 0 Å². The molecule has 0 saturated heterocycles. The van der Waals surface area contributed by atoms with Crippen molar-refractivity contribution in [2.45, 2.75) is 33.7 Å². The molecule has 10 heteroatoms. The largest absolute Gasteiger partial charge is 0.455 e. The summed E-state index contributed by atoms with van der Waals surface area (Å²) in [4.78, 5) is 36.0. The van der Waals surface area contributed by atoms with E-state index in [1.807, 2.05) is 0 Å². The lowest BCUT2D eigenvalue weighted by Crippen LogP contribution is -2.48. The summed E-state index contributed by atoms with van der Waals surface area (Å²) in [6.07, 6.45) is 1.31. The number of carbonyl (C=O) groups is 2. The molecule has 0 aliphatic carbocycles. The molecule has 2 N–H and O–H groups in total. The molecule has 0 spiro atoms. The molecule has 0 aliphatic rings. The fourth-order valence-electron chi connectivity index (χ4n) is 3.37. The molecule has 1 aromatic heterocycles. The minimum Gasteiger partial charge on any atom is -0.455 e. The smallest absolute Gasteiger partial charge is 0.273 e. The van der Waals surface area contributed by atoms with Gasteiger partial charge in [-0.2, -0.15) is 5.10 Å². The number of nitrogens with zero attached hydrogens (tertiary/aromatic N) is 2. The lowest BCUT2D eigenvalue weighted by Gasteiger charge is -2.20. The molecular weight excluding hydrogens is 472 g/mol. The second-order valence-electron chi connectivity index (χ2n) is 8.34. The molecule has 1 unspecified atom stereocenters. The summed E-state index contributed by atoms with van der Waals surface area (Å²) in [5.41, 5.74) is 4.69. The Kier molecular flexibility index (Phi) is 8.03. The van der Waals surface area contributed by atoms with Gasteiger partial charge >= 0.3 is 0 Å². The highest BCUT2D eigenvalue weighted by Gasteiger charge is 2.24. The topological polar surface area (TPSA) is 127 Å². The van der Waals surface area contributed by atoms with Gasteiger partial charge in [0.05, 0.1) is 11.1 Å². The van der Waals surface area contributed by atoms with Crippen LogP contribution >= 0.6 is 11.6 Å². The van der Waals surface area contributed by atoms with E-state index in [0.717, 1.165) is 5.56 Å². The molecule has 0 fully saturated rings. The van der Waals surface area contributed by atoms with E-state index in [4.69, 9.17) is 16.0 Å².